The maximum atomic E-state index is 13.6. The molecule has 0 fully saturated rings. The van der Waals surface area contributed by atoms with E-state index < -0.39 is 0 Å². The van der Waals surface area contributed by atoms with Crippen molar-refractivity contribution in [3.63, 3.8) is 0 Å². The third-order valence-electron chi connectivity index (χ3n) is 3.32. The van der Waals surface area contributed by atoms with Crippen LogP contribution < -0.4 is 5.32 Å². The van der Waals surface area contributed by atoms with Crippen molar-refractivity contribution in [3.05, 3.63) is 50.7 Å². The van der Waals surface area contributed by atoms with Crippen molar-refractivity contribution in [2.75, 3.05) is 0 Å². The minimum atomic E-state index is -0.104. The summed E-state index contributed by atoms with van der Waals surface area (Å²) in [5.41, 5.74) is 3.69. The Bertz CT molecular complexity index is 603. The van der Waals surface area contributed by atoms with E-state index >= 15 is 0 Å². The molecule has 0 saturated heterocycles. The molecule has 114 valence electrons. The van der Waals surface area contributed by atoms with Crippen LogP contribution in [0.3, 0.4) is 0 Å². The highest BCUT2D eigenvalue weighted by atomic mass is 32.1. The van der Waals surface area contributed by atoms with Crippen LogP contribution in [0.5, 0.6) is 0 Å². The van der Waals surface area contributed by atoms with Crippen LogP contribution >= 0.6 is 11.3 Å². The summed E-state index contributed by atoms with van der Waals surface area (Å²) < 4.78 is 13.6. The molecule has 1 aromatic carbocycles. The maximum Gasteiger partial charge on any atom is 0.129 e. The van der Waals surface area contributed by atoms with Gasteiger partial charge in [-0.3, -0.25) is 0 Å². The Hall–Kier alpha value is -1.26. The average Bonchev–Trinajstić information content (AvgIpc) is 2.84. The Morgan fingerprint density at radius 3 is 2.29 bits per heavy atom. The monoisotopic (exact) mass is 306 g/mol. The Morgan fingerprint density at radius 2 is 1.76 bits per heavy atom. The van der Waals surface area contributed by atoms with Crippen molar-refractivity contribution in [3.8, 4) is 0 Å². The van der Waals surface area contributed by atoms with Crippen molar-refractivity contribution in [2.24, 2.45) is 0 Å². The third kappa shape index (κ3) is 4.11. The molecule has 0 atom stereocenters. The van der Waals surface area contributed by atoms with Crippen LogP contribution in [0.1, 0.15) is 48.2 Å². The molecule has 1 aromatic heterocycles. The number of thiazole rings is 1. The number of hydrogen-bond acceptors (Lipinski definition) is 3. The second-order valence-electron chi connectivity index (χ2n) is 6.54. The molecule has 0 aliphatic carbocycles. The second-order valence-corrected chi connectivity index (χ2v) is 7.40. The largest absolute Gasteiger partial charge is 0.307 e. The lowest BCUT2D eigenvalue weighted by atomic mass is 9.98. The summed E-state index contributed by atoms with van der Waals surface area (Å²) in [6.45, 7) is 11.6. The fourth-order valence-electron chi connectivity index (χ4n) is 2.21. The van der Waals surface area contributed by atoms with Gasteiger partial charge in [0.15, 0.2) is 0 Å². The van der Waals surface area contributed by atoms with Gasteiger partial charge in [0.2, 0.25) is 0 Å². The van der Waals surface area contributed by atoms with Crippen LogP contribution in [0, 0.1) is 19.7 Å². The van der Waals surface area contributed by atoms with Gasteiger partial charge in [-0.15, -0.1) is 11.3 Å². The van der Waals surface area contributed by atoms with Crippen LogP contribution in [0.25, 0.3) is 0 Å². The van der Waals surface area contributed by atoms with Crippen molar-refractivity contribution in [1.29, 1.82) is 0 Å². The van der Waals surface area contributed by atoms with E-state index in [4.69, 9.17) is 0 Å². The summed E-state index contributed by atoms with van der Waals surface area (Å²) in [5.74, 6) is -0.104. The standard InChI is InChI=1S/C17H23FN2S/c1-11-6-13(7-12(2)15(11)18)8-19-9-14-10-21-16(20-14)17(3,4)5/h6-7,10,19H,8-9H2,1-5H3. The first-order valence-electron chi connectivity index (χ1n) is 7.18. The lowest BCUT2D eigenvalue weighted by Crippen LogP contribution is -2.15. The highest BCUT2D eigenvalue weighted by Gasteiger charge is 2.17. The normalized spacial score (nSPS) is 11.9. The first-order valence-corrected chi connectivity index (χ1v) is 8.06. The minimum absolute atomic E-state index is 0.104. The van der Waals surface area contributed by atoms with E-state index in [1.165, 1.54) is 0 Å². The lowest BCUT2D eigenvalue weighted by Gasteiger charge is -2.13. The number of benzene rings is 1. The molecule has 4 heteroatoms. The zero-order valence-corrected chi connectivity index (χ0v) is 14.2. The predicted molar refractivity (Wildman–Crippen MR) is 87.2 cm³/mol. The smallest absolute Gasteiger partial charge is 0.129 e. The van der Waals surface area contributed by atoms with Gasteiger partial charge >= 0.3 is 0 Å². The third-order valence-corrected chi connectivity index (χ3v) is 4.64. The Labute approximate surface area is 130 Å². The molecule has 0 unspecified atom stereocenters. The van der Waals surface area contributed by atoms with E-state index in [9.17, 15) is 4.39 Å². The SMILES string of the molecule is Cc1cc(CNCc2csc(C(C)(C)C)n2)cc(C)c1F. The molecule has 0 amide bonds. The second kappa shape index (κ2) is 6.24. The van der Waals surface area contributed by atoms with Gasteiger partial charge in [-0.05, 0) is 30.5 Å². The Balaban J connectivity index is 1.94. The number of hydrogen-bond donors (Lipinski definition) is 1. The lowest BCUT2D eigenvalue weighted by molar-refractivity contribution is 0.579. The first kappa shape index (κ1) is 16.1. The van der Waals surface area contributed by atoms with Gasteiger partial charge in [0, 0.05) is 23.9 Å². The van der Waals surface area contributed by atoms with Crippen molar-refractivity contribution >= 4 is 11.3 Å². The van der Waals surface area contributed by atoms with Gasteiger partial charge in [-0.1, -0.05) is 32.9 Å². The molecule has 21 heavy (non-hydrogen) atoms. The van der Waals surface area contributed by atoms with Crippen LogP contribution in [0.2, 0.25) is 0 Å². The summed E-state index contributed by atoms with van der Waals surface area (Å²) in [4.78, 5) is 4.66. The van der Waals surface area contributed by atoms with E-state index in [0.29, 0.717) is 11.1 Å². The zero-order valence-electron chi connectivity index (χ0n) is 13.4. The number of rotatable bonds is 4. The summed E-state index contributed by atoms with van der Waals surface area (Å²) in [6, 6.07) is 3.80. The summed E-state index contributed by atoms with van der Waals surface area (Å²) in [6.07, 6.45) is 0. The highest BCUT2D eigenvalue weighted by molar-refractivity contribution is 7.09. The number of aryl methyl sites for hydroxylation is 2. The van der Waals surface area contributed by atoms with Crippen LogP contribution in [-0.2, 0) is 18.5 Å². The molecular weight excluding hydrogens is 283 g/mol. The number of nitrogens with zero attached hydrogens (tertiary/aromatic N) is 1. The van der Waals surface area contributed by atoms with Gasteiger partial charge in [-0.2, -0.15) is 0 Å². The quantitative estimate of drug-likeness (QED) is 0.900. The van der Waals surface area contributed by atoms with E-state index in [2.05, 4.69) is 36.5 Å². The van der Waals surface area contributed by atoms with E-state index in [-0.39, 0.29) is 11.2 Å². The van der Waals surface area contributed by atoms with Crippen molar-refractivity contribution in [2.45, 2.75) is 53.1 Å². The molecule has 0 aliphatic heterocycles. The van der Waals surface area contributed by atoms with E-state index in [1.807, 2.05) is 26.0 Å². The fraction of sp³-hybridized carbons (Fsp3) is 0.471. The van der Waals surface area contributed by atoms with Crippen LogP contribution in [0.15, 0.2) is 17.5 Å². The first-order chi connectivity index (χ1) is 9.77. The van der Waals surface area contributed by atoms with Crippen molar-refractivity contribution in [1.82, 2.24) is 10.3 Å². The molecule has 0 radical (unpaired) electrons. The van der Waals surface area contributed by atoms with Gasteiger partial charge in [0.05, 0.1) is 10.7 Å². The maximum absolute atomic E-state index is 13.6. The fourth-order valence-corrected chi connectivity index (χ4v) is 3.11. The minimum Gasteiger partial charge on any atom is -0.307 e. The molecule has 1 N–H and O–H groups in total. The summed E-state index contributed by atoms with van der Waals surface area (Å²) in [7, 11) is 0. The highest BCUT2D eigenvalue weighted by Crippen LogP contribution is 2.25. The van der Waals surface area contributed by atoms with E-state index in [1.54, 1.807) is 11.3 Å². The molecule has 0 aliphatic rings. The number of nitrogens with one attached hydrogen (secondary N) is 1. The van der Waals surface area contributed by atoms with Gasteiger partial charge in [0.25, 0.3) is 0 Å². The van der Waals surface area contributed by atoms with Crippen molar-refractivity contribution < 1.29 is 4.39 Å². The number of aromatic nitrogens is 1. The zero-order chi connectivity index (χ0) is 15.6. The average molecular weight is 306 g/mol. The van der Waals surface area contributed by atoms with Gasteiger partial charge < -0.3 is 5.32 Å². The Kier molecular flexibility index (Phi) is 4.79. The molecule has 0 spiro atoms. The predicted octanol–water partition coefficient (Wildman–Crippen LogP) is 4.49. The summed E-state index contributed by atoms with van der Waals surface area (Å²) >= 11 is 1.71. The van der Waals surface area contributed by atoms with Gasteiger partial charge in [0.1, 0.15) is 5.82 Å². The molecule has 0 saturated carbocycles. The van der Waals surface area contributed by atoms with E-state index in [0.717, 1.165) is 29.4 Å². The van der Waals surface area contributed by atoms with Gasteiger partial charge in [-0.25, -0.2) is 9.37 Å². The summed E-state index contributed by atoms with van der Waals surface area (Å²) in [5, 5.41) is 6.64. The van der Waals surface area contributed by atoms with Crippen LogP contribution in [0.4, 0.5) is 4.39 Å². The van der Waals surface area contributed by atoms with Crippen LogP contribution in [-0.4, -0.2) is 4.98 Å². The Morgan fingerprint density at radius 1 is 1.14 bits per heavy atom. The molecule has 2 aromatic rings. The molecular formula is C17H23FN2S. The molecule has 1 heterocycles. The number of halogens is 1. The topological polar surface area (TPSA) is 24.9 Å². The molecule has 2 rings (SSSR count). The molecule has 2 nitrogen and oxygen atoms in total. The molecule has 0 bridgehead atoms.